The van der Waals surface area contributed by atoms with Gasteiger partial charge in [-0.1, -0.05) is 18.5 Å². The molecule has 1 aromatic heterocycles. The summed E-state index contributed by atoms with van der Waals surface area (Å²) >= 11 is 0. The third kappa shape index (κ3) is 3.47. The van der Waals surface area contributed by atoms with Crippen LogP contribution in [0.1, 0.15) is 55.3 Å². The van der Waals surface area contributed by atoms with Crippen LogP contribution in [-0.4, -0.2) is 34.8 Å². The van der Waals surface area contributed by atoms with E-state index in [4.69, 9.17) is 9.26 Å². The number of ether oxygens (including phenoxy) is 1. The van der Waals surface area contributed by atoms with Crippen LogP contribution in [0.15, 0.2) is 10.6 Å². The normalized spacial score (nSPS) is 24.9. The molecule has 22 heavy (non-hydrogen) atoms. The fraction of sp³-hybridized carbons (Fsp3) is 0.667. The van der Waals surface area contributed by atoms with Crippen LogP contribution in [0.2, 0.25) is 0 Å². The van der Waals surface area contributed by atoms with Crippen LogP contribution < -0.4 is 5.32 Å². The van der Waals surface area contributed by atoms with E-state index < -0.39 is 17.4 Å². The minimum atomic E-state index is -1.21. The van der Waals surface area contributed by atoms with Crippen LogP contribution in [0.25, 0.3) is 0 Å². The largest absolute Gasteiger partial charge is 0.480 e. The van der Waals surface area contributed by atoms with Gasteiger partial charge in [-0.2, -0.15) is 0 Å². The van der Waals surface area contributed by atoms with E-state index in [0.29, 0.717) is 24.5 Å². The molecule has 1 aromatic rings. The summed E-state index contributed by atoms with van der Waals surface area (Å²) in [6.45, 7) is 2.31. The van der Waals surface area contributed by atoms with Crippen molar-refractivity contribution in [2.24, 2.45) is 5.92 Å². The fourth-order valence-corrected chi connectivity index (χ4v) is 2.88. The van der Waals surface area contributed by atoms with Gasteiger partial charge < -0.3 is 19.7 Å². The van der Waals surface area contributed by atoms with E-state index in [-0.39, 0.29) is 12.3 Å². The van der Waals surface area contributed by atoms with Crippen molar-refractivity contribution in [1.29, 1.82) is 0 Å². The second kappa shape index (κ2) is 6.91. The highest BCUT2D eigenvalue weighted by Crippen LogP contribution is 2.34. The second-order valence-electron chi connectivity index (χ2n) is 5.80. The van der Waals surface area contributed by atoms with Crippen molar-refractivity contribution in [3.63, 3.8) is 0 Å². The minimum Gasteiger partial charge on any atom is -0.480 e. The molecule has 0 radical (unpaired) electrons. The summed E-state index contributed by atoms with van der Waals surface area (Å²) in [5, 5.41) is 15.9. The Morgan fingerprint density at radius 1 is 1.50 bits per heavy atom. The third-order valence-corrected chi connectivity index (χ3v) is 4.38. The van der Waals surface area contributed by atoms with Gasteiger partial charge in [-0.3, -0.25) is 4.79 Å². The number of aliphatic carboxylic acids is 1. The lowest BCUT2D eigenvalue weighted by Gasteiger charge is -2.37. The van der Waals surface area contributed by atoms with Gasteiger partial charge in [-0.05, 0) is 31.6 Å². The van der Waals surface area contributed by atoms with Crippen molar-refractivity contribution in [2.75, 3.05) is 7.11 Å². The number of hydrogen-bond acceptors (Lipinski definition) is 5. The molecule has 7 nitrogen and oxygen atoms in total. The summed E-state index contributed by atoms with van der Waals surface area (Å²) in [6.07, 6.45) is 3.52. The number of aromatic nitrogens is 1. The lowest BCUT2D eigenvalue weighted by atomic mass is 9.75. The Labute approximate surface area is 129 Å². The van der Waals surface area contributed by atoms with Crippen molar-refractivity contribution < 1.29 is 24.0 Å². The number of amides is 1. The van der Waals surface area contributed by atoms with Crippen LogP contribution in [0, 0.1) is 5.92 Å². The zero-order valence-corrected chi connectivity index (χ0v) is 12.9. The highest BCUT2D eigenvalue weighted by Gasteiger charge is 2.43. The summed E-state index contributed by atoms with van der Waals surface area (Å²) in [5.41, 5.74) is -1.13. The summed E-state index contributed by atoms with van der Waals surface area (Å²) < 4.78 is 9.85. The Kier molecular flexibility index (Phi) is 5.18. The molecule has 2 N–H and O–H groups in total. The van der Waals surface area contributed by atoms with Gasteiger partial charge in [0.25, 0.3) is 5.91 Å². The minimum absolute atomic E-state index is 0.0743. The van der Waals surface area contributed by atoms with Crippen LogP contribution in [0.3, 0.4) is 0 Å². The van der Waals surface area contributed by atoms with Crippen LogP contribution in [0.4, 0.5) is 0 Å². The first-order valence-electron chi connectivity index (χ1n) is 7.51. The van der Waals surface area contributed by atoms with Crippen molar-refractivity contribution >= 4 is 11.9 Å². The van der Waals surface area contributed by atoms with Gasteiger partial charge in [-0.15, -0.1) is 0 Å². The fourth-order valence-electron chi connectivity index (χ4n) is 2.88. The average Bonchev–Trinajstić information content (AvgIpc) is 2.97. The molecule has 0 bridgehead atoms. The summed E-state index contributed by atoms with van der Waals surface area (Å²) in [4.78, 5) is 23.9. The number of rotatable bonds is 6. The molecular weight excluding hydrogens is 288 g/mol. The SMILES string of the molecule is CCC1CCC(NC(=O)c2cc(COC)on2)(C(=O)O)CC1. The smallest absolute Gasteiger partial charge is 0.329 e. The zero-order valence-electron chi connectivity index (χ0n) is 12.9. The lowest BCUT2D eigenvalue weighted by molar-refractivity contribution is -0.146. The first-order chi connectivity index (χ1) is 10.5. The van der Waals surface area contributed by atoms with E-state index in [1.54, 1.807) is 0 Å². The third-order valence-electron chi connectivity index (χ3n) is 4.38. The highest BCUT2D eigenvalue weighted by molar-refractivity contribution is 5.96. The van der Waals surface area contributed by atoms with E-state index in [2.05, 4.69) is 17.4 Å². The Balaban J connectivity index is 2.07. The maximum Gasteiger partial charge on any atom is 0.329 e. The molecule has 0 unspecified atom stereocenters. The quantitative estimate of drug-likeness (QED) is 0.833. The number of methoxy groups -OCH3 is 1. The molecule has 0 atom stereocenters. The first kappa shape index (κ1) is 16.5. The molecule has 1 fully saturated rings. The van der Waals surface area contributed by atoms with E-state index in [1.165, 1.54) is 13.2 Å². The van der Waals surface area contributed by atoms with Crippen LogP contribution in [0.5, 0.6) is 0 Å². The molecule has 0 aliphatic heterocycles. The number of carbonyl (C=O) groups excluding carboxylic acids is 1. The highest BCUT2D eigenvalue weighted by atomic mass is 16.5. The van der Waals surface area contributed by atoms with Crippen LogP contribution in [-0.2, 0) is 16.1 Å². The first-order valence-corrected chi connectivity index (χ1v) is 7.51. The summed E-state index contributed by atoms with van der Waals surface area (Å²) in [7, 11) is 1.51. The van der Waals surface area contributed by atoms with Crippen molar-refractivity contribution in [2.45, 2.75) is 51.2 Å². The maximum atomic E-state index is 12.3. The van der Waals surface area contributed by atoms with Gasteiger partial charge in [0.15, 0.2) is 11.5 Å². The van der Waals surface area contributed by atoms with Crippen molar-refractivity contribution in [3.8, 4) is 0 Å². The predicted octanol–water partition coefficient (Wildman–Crippen LogP) is 1.97. The number of nitrogens with zero attached hydrogens (tertiary/aromatic N) is 1. The molecule has 0 aromatic carbocycles. The van der Waals surface area contributed by atoms with Gasteiger partial charge in [0.05, 0.1) is 0 Å². The summed E-state index contributed by atoms with van der Waals surface area (Å²) in [6, 6.07) is 1.46. The average molecular weight is 310 g/mol. The molecule has 1 aliphatic carbocycles. The molecular formula is C15H22N2O5. The summed E-state index contributed by atoms with van der Waals surface area (Å²) in [5.74, 6) is -0.559. The second-order valence-corrected chi connectivity index (χ2v) is 5.80. The van der Waals surface area contributed by atoms with Gasteiger partial charge in [0, 0.05) is 13.2 Å². The maximum absolute atomic E-state index is 12.3. The van der Waals surface area contributed by atoms with E-state index in [9.17, 15) is 14.7 Å². The molecule has 1 amide bonds. The Hall–Kier alpha value is -1.89. The lowest BCUT2D eigenvalue weighted by Crippen LogP contribution is -2.56. The van der Waals surface area contributed by atoms with E-state index >= 15 is 0 Å². The van der Waals surface area contributed by atoms with E-state index in [1.807, 2.05) is 0 Å². The number of nitrogens with one attached hydrogen (secondary N) is 1. The van der Waals surface area contributed by atoms with Gasteiger partial charge in [0.2, 0.25) is 0 Å². The molecule has 1 saturated carbocycles. The number of carboxylic acid groups (broad SMARTS) is 1. The Morgan fingerprint density at radius 3 is 2.73 bits per heavy atom. The molecule has 1 heterocycles. The van der Waals surface area contributed by atoms with Gasteiger partial charge >= 0.3 is 5.97 Å². The van der Waals surface area contributed by atoms with Crippen LogP contribution >= 0.6 is 0 Å². The Bertz CT molecular complexity index is 532. The predicted molar refractivity (Wildman–Crippen MR) is 77.3 cm³/mol. The molecule has 7 heteroatoms. The zero-order chi connectivity index (χ0) is 16.2. The number of carbonyl (C=O) groups is 2. The number of carboxylic acids is 1. The van der Waals surface area contributed by atoms with Crippen molar-refractivity contribution in [3.05, 3.63) is 17.5 Å². The molecule has 1 aliphatic rings. The monoisotopic (exact) mass is 310 g/mol. The number of hydrogen-bond donors (Lipinski definition) is 2. The Morgan fingerprint density at radius 2 is 2.18 bits per heavy atom. The molecule has 0 saturated heterocycles. The van der Waals surface area contributed by atoms with Gasteiger partial charge in [-0.25, -0.2) is 4.79 Å². The molecule has 0 spiro atoms. The standard InChI is InChI=1S/C15H22N2O5/c1-3-10-4-6-15(7-5-10,14(19)20)16-13(18)12-8-11(9-21-2)22-17-12/h8,10H,3-7,9H2,1-2H3,(H,16,18)(H,19,20). The molecule has 122 valence electrons. The molecule has 2 rings (SSSR count). The van der Waals surface area contributed by atoms with Gasteiger partial charge in [0.1, 0.15) is 12.1 Å². The topological polar surface area (TPSA) is 102 Å². The van der Waals surface area contributed by atoms with Crippen molar-refractivity contribution in [1.82, 2.24) is 10.5 Å². The van der Waals surface area contributed by atoms with E-state index in [0.717, 1.165) is 19.3 Å².